The van der Waals surface area contributed by atoms with Gasteiger partial charge < -0.3 is 11.1 Å². The number of nitrogens with one attached hydrogen (secondary N) is 1. The standard InChI is InChI=1S/C19H22N2O.ClH/c1-19(20,16-8-3-2-4-9-16)18(22)21-13-15-12-11-14-7-5-6-10-17(14)15;/h2-10,15H,11-13,20H2,1H3,(H,21,22);1H. The molecule has 2 aromatic carbocycles. The molecule has 2 aromatic rings. The molecule has 1 aliphatic rings. The number of hydrogen-bond acceptors (Lipinski definition) is 2. The first-order valence-corrected chi connectivity index (χ1v) is 7.79. The van der Waals surface area contributed by atoms with Crippen LogP contribution in [0.2, 0.25) is 0 Å². The van der Waals surface area contributed by atoms with Crippen LogP contribution in [0.15, 0.2) is 54.6 Å². The summed E-state index contributed by atoms with van der Waals surface area (Å²) in [5.41, 5.74) is 8.85. The lowest BCUT2D eigenvalue weighted by molar-refractivity contribution is -0.126. The van der Waals surface area contributed by atoms with E-state index in [-0.39, 0.29) is 18.3 Å². The molecule has 0 saturated carbocycles. The van der Waals surface area contributed by atoms with Crippen molar-refractivity contribution >= 4 is 18.3 Å². The van der Waals surface area contributed by atoms with Crippen LogP contribution >= 0.6 is 12.4 Å². The van der Waals surface area contributed by atoms with Crippen molar-refractivity contribution in [3.63, 3.8) is 0 Å². The second-order valence-corrected chi connectivity index (χ2v) is 6.21. The minimum Gasteiger partial charge on any atom is -0.354 e. The van der Waals surface area contributed by atoms with Crippen molar-refractivity contribution in [2.24, 2.45) is 5.73 Å². The Bertz CT molecular complexity index is 670. The van der Waals surface area contributed by atoms with Gasteiger partial charge >= 0.3 is 0 Å². The molecular formula is C19H23ClN2O. The van der Waals surface area contributed by atoms with E-state index in [9.17, 15) is 4.79 Å². The van der Waals surface area contributed by atoms with Crippen molar-refractivity contribution in [1.82, 2.24) is 5.32 Å². The van der Waals surface area contributed by atoms with Gasteiger partial charge in [0, 0.05) is 12.5 Å². The first kappa shape index (κ1) is 17.5. The van der Waals surface area contributed by atoms with Gasteiger partial charge in [0.25, 0.3) is 0 Å². The van der Waals surface area contributed by atoms with Crippen LogP contribution in [-0.2, 0) is 16.8 Å². The summed E-state index contributed by atoms with van der Waals surface area (Å²) in [6, 6.07) is 18.0. The lowest BCUT2D eigenvalue weighted by atomic mass is 9.92. The Morgan fingerprint density at radius 3 is 2.57 bits per heavy atom. The normalized spacial score (nSPS) is 18.4. The van der Waals surface area contributed by atoms with Crippen molar-refractivity contribution in [3.05, 3.63) is 71.3 Å². The maximum atomic E-state index is 12.5. The predicted octanol–water partition coefficient (Wildman–Crippen LogP) is 3.13. The molecule has 0 saturated heterocycles. The number of hydrogen-bond donors (Lipinski definition) is 2. The van der Waals surface area contributed by atoms with Gasteiger partial charge in [-0.25, -0.2) is 0 Å². The van der Waals surface area contributed by atoms with Gasteiger partial charge in [-0.05, 0) is 36.5 Å². The molecule has 23 heavy (non-hydrogen) atoms. The molecule has 0 bridgehead atoms. The second kappa shape index (κ2) is 7.16. The fourth-order valence-corrected chi connectivity index (χ4v) is 3.17. The van der Waals surface area contributed by atoms with Crippen molar-refractivity contribution < 1.29 is 4.79 Å². The maximum absolute atomic E-state index is 12.5. The van der Waals surface area contributed by atoms with E-state index in [4.69, 9.17) is 5.73 Å². The van der Waals surface area contributed by atoms with E-state index in [0.717, 1.165) is 18.4 Å². The van der Waals surface area contributed by atoms with Crippen LogP contribution in [-0.4, -0.2) is 12.5 Å². The van der Waals surface area contributed by atoms with Gasteiger partial charge in [0.05, 0.1) is 0 Å². The fraction of sp³-hybridized carbons (Fsp3) is 0.316. The van der Waals surface area contributed by atoms with Gasteiger partial charge in [-0.3, -0.25) is 4.79 Å². The van der Waals surface area contributed by atoms with Gasteiger partial charge in [-0.1, -0.05) is 54.6 Å². The summed E-state index contributed by atoms with van der Waals surface area (Å²) in [6.07, 6.45) is 2.18. The highest BCUT2D eigenvalue weighted by Crippen LogP contribution is 2.32. The monoisotopic (exact) mass is 330 g/mol. The number of nitrogens with two attached hydrogens (primary N) is 1. The zero-order valence-electron chi connectivity index (χ0n) is 13.3. The quantitative estimate of drug-likeness (QED) is 0.905. The third kappa shape index (κ3) is 3.57. The zero-order valence-corrected chi connectivity index (χ0v) is 14.1. The molecule has 3 nitrogen and oxygen atoms in total. The first-order chi connectivity index (χ1) is 10.6. The number of aryl methyl sites for hydroxylation is 1. The van der Waals surface area contributed by atoms with Crippen LogP contribution in [0.4, 0.5) is 0 Å². The number of halogens is 1. The largest absolute Gasteiger partial charge is 0.354 e. The molecule has 0 spiro atoms. The highest BCUT2D eigenvalue weighted by molar-refractivity contribution is 5.87. The first-order valence-electron chi connectivity index (χ1n) is 7.79. The van der Waals surface area contributed by atoms with Crippen LogP contribution in [0.3, 0.4) is 0 Å². The van der Waals surface area contributed by atoms with Crippen LogP contribution < -0.4 is 11.1 Å². The Labute approximate surface area is 143 Å². The zero-order chi connectivity index (χ0) is 15.6. The highest BCUT2D eigenvalue weighted by Gasteiger charge is 2.31. The Morgan fingerprint density at radius 1 is 1.17 bits per heavy atom. The van der Waals surface area contributed by atoms with Gasteiger partial charge in [0.15, 0.2) is 0 Å². The van der Waals surface area contributed by atoms with E-state index >= 15 is 0 Å². The number of fused-ring (bicyclic) bond motifs is 1. The van der Waals surface area contributed by atoms with Crippen LogP contribution in [0.1, 0.15) is 36.0 Å². The molecule has 4 heteroatoms. The van der Waals surface area contributed by atoms with E-state index in [0.29, 0.717) is 12.5 Å². The summed E-state index contributed by atoms with van der Waals surface area (Å²) < 4.78 is 0. The lowest BCUT2D eigenvalue weighted by Gasteiger charge is -2.25. The molecule has 2 atom stereocenters. The van der Waals surface area contributed by atoms with E-state index in [1.165, 1.54) is 11.1 Å². The average Bonchev–Trinajstić information content (AvgIpc) is 2.96. The van der Waals surface area contributed by atoms with E-state index < -0.39 is 5.54 Å². The third-order valence-corrected chi connectivity index (χ3v) is 4.61. The van der Waals surface area contributed by atoms with Gasteiger partial charge in [-0.2, -0.15) is 0 Å². The summed E-state index contributed by atoms with van der Waals surface area (Å²) in [5, 5.41) is 3.04. The van der Waals surface area contributed by atoms with Crippen LogP contribution in [0, 0.1) is 0 Å². The van der Waals surface area contributed by atoms with E-state index in [1.54, 1.807) is 6.92 Å². The Morgan fingerprint density at radius 2 is 1.83 bits per heavy atom. The topological polar surface area (TPSA) is 55.1 Å². The third-order valence-electron chi connectivity index (χ3n) is 4.61. The number of rotatable bonds is 4. The summed E-state index contributed by atoms with van der Waals surface area (Å²) in [7, 11) is 0. The molecule has 0 aromatic heterocycles. The van der Waals surface area contributed by atoms with Crippen LogP contribution in [0.5, 0.6) is 0 Å². The Balaban J connectivity index is 0.00000192. The molecule has 3 rings (SSSR count). The summed E-state index contributed by atoms with van der Waals surface area (Å²) in [5.74, 6) is 0.273. The lowest BCUT2D eigenvalue weighted by Crippen LogP contribution is -2.49. The van der Waals surface area contributed by atoms with Gasteiger partial charge in [-0.15, -0.1) is 12.4 Å². The summed E-state index contributed by atoms with van der Waals surface area (Å²) in [6.45, 7) is 2.41. The molecule has 0 radical (unpaired) electrons. The molecular weight excluding hydrogens is 308 g/mol. The SMILES string of the molecule is CC(N)(C(=O)NCC1CCc2ccccc21)c1ccccc1.Cl. The predicted molar refractivity (Wildman–Crippen MR) is 95.7 cm³/mol. The minimum atomic E-state index is -1.00. The number of carbonyl (C=O) groups is 1. The van der Waals surface area contributed by atoms with Gasteiger partial charge in [0.1, 0.15) is 5.54 Å². The van der Waals surface area contributed by atoms with E-state index in [1.807, 2.05) is 30.3 Å². The molecule has 122 valence electrons. The number of carbonyl (C=O) groups excluding carboxylic acids is 1. The molecule has 2 unspecified atom stereocenters. The van der Waals surface area contributed by atoms with Crippen molar-refractivity contribution in [2.45, 2.75) is 31.2 Å². The molecule has 0 aliphatic heterocycles. The Kier molecular flexibility index (Phi) is 5.45. The molecule has 1 aliphatic carbocycles. The van der Waals surface area contributed by atoms with Crippen LogP contribution in [0.25, 0.3) is 0 Å². The number of benzene rings is 2. The Hall–Kier alpha value is -1.84. The van der Waals surface area contributed by atoms with Crippen molar-refractivity contribution in [1.29, 1.82) is 0 Å². The average molecular weight is 331 g/mol. The highest BCUT2D eigenvalue weighted by atomic mass is 35.5. The summed E-state index contributed by atoms with van der Waals surface area (Å²) >= 11 is 0. The van der Waals surface area contributed by atoms with E-state index in [2.05, 4.69) is 29.6 Å². The maximum Gasteiger partial charge on any atom is 0.244 e. The fourth-order valence-electron chi connectivity index (χ4n) is 3.17. The molecule has 3 N–H and O–H groups in total. The smallest absolute Gasteiger partial charge is 0.244 e. The summed E-state index contributed by atoms with van der Waals surface area (Å²) in [4.78, 5) is 12.5. The number of amides is 1. The molecule has 0 fully saturated rings. The molecule has 1 amide bonds. The van der Waals surface area contributed by atoms with Crippen molar-refractivity contribution in [3.8, 4) is 0 Å². The molecule has 0 heterocycles. The van der Waals surface area contributed by atoms with Crippen molar-refractivity contribution in [2.75, 3.05) is 6.54 Å². The minimum absolute atomic E-state index is 0. The van der Waals surface area contributed by atoms with Gasteiger partial charge in [0.2, 0.25) is 5.91 Å². The second-order valence-electron chi connectivity index (χ2n) is 6.21.